The molecule has 1 amide bonds. The van der Waals surface area contributed by atoms with Gasteiger partial charge in [-0.15, -0.1) is 0 Å². The van der Waals surface area contributed by atoms with Crippen molar-refractivity contribution in [3.8, 4) is 17.2 Å². The molecule has 13 heteroatoms. The van der Waals surface area contributed by atoms with Gasteiger partial charge >= 0.3 is 5.97 Å². The number of aliphatic hydroxyl groups is 2. The van der Waals surface area contributed by atoms with E-state index >= 15 is 0 Å². The number of carbonyl (C=O) groups is 4. The van der Waals surface area contributed by atoms with E-state index in [1.54, 1.807) is 74.5 Å². The summed E-state index contributed by atoms with van der Waals surface area (Å²) in [5.74, 6) is -1.85. The molecule has 3 aliphatic heterocycles. The van der Waals surface area contributed by atoms with Crippen LogP contribution in [0.25, 0.3) is 5.57 Å². The number of phenolic OH excluding ortho intramolecular Hbond substituents is 1. The third-order valence-corrected chi connectivity index (χ3v) is 10.0. The monoisotopic (exact) mass is 732 g/mol. The van der Waals surface area contributed by atoms with Gasteiger partial charge in [-0.1, -0.05) is 42.5 Å². The van der Waals surface area contributed by atoms with Crippen LogP contribution < -0.4 is 14.8 Å². The highest BCUT2D eigenvalue weighted by Crippen LogP contribution is 2.52. The zero-order valence-electron chi connectivity index (χ0n) is 29.2. The summed E-state index contributed by atoms with van der Waals surface area (Å²) in [6, 6.07) is 22.5. The molecule has 4 N–H and O–H groups in total. The van der Waals surface area contributed by atoms with Crippen molar-refractivity contribution in [1.82, 2.24) is 4.90 Å². The van der Waals surface area contributed by atoms with E-state index in [9.17, 15) is 34.5 Å². The van der Waals surface area contributed by atoms with Gasteiger partial charge in [0.05, 0.1) is 23.3 Å². The summed E-state index contributed by atoms with van der Waals surface area (Å²) in [6.07, 6.45) is -5.21. The molecule has 0 spiro atoms. The molecule has 6 atom stereocenters. The Morgan fingerprint density at radius 1 is 0.944 bits per heavy atom. The summed E-state index contributed by atoms with van der Waals surface area (Å²) in [5, 5.41) is 34.6. The van der Waals surface area contributed by atoms with Crippen molar-refractivity contribution in [3.63, 3.8) is 0 Å². The molecule has 0 aromatic heterocycles. The molecule has 8 rings (SSSR count). The van der Waals surface area contributed by atoms with Gasteiger partial charge in [-0.05, 0) is 67.4 Å². The number of ketones is 2. The van der Waals surface area contributed by atoms with Crippen LogP contribution in [0.1, 0.15) is 62.5 Å². The molecule has 3 heterocycles. The Kier molecular flexibility index (Phi) is 8.92. The fourth-order valence-corrected chi connectivity index (χ4v) is 7.51. The van der Waals surface area contributed by atoms with Gasteiger partial charge < -0.3 is 44.5 Å². The van der Waals surface area contributed by atoms with E-state index in [0.29, 0.717) is 28.1 Å². The van der Waals surface area contributed by atoms with Crippen LogP contribution in [0.2, 0.25) is 0 Å². The Hall–Kier alpha value is -6.02. The Morgan fingerprint density at radius 3 is 2.44 bits per heavy atom. The lowest BCUT2D eigenvalue weighted by Crippen LogP contribution is -2.48. The highest BCUT2D eigenvalue weighted by atomic mass is 16.7. The van der Waals surface area contributed by atoms with Crippen molar-refractivity contribution < 1.29 is 53.4 Å². The first-order chi connectivity index (χ1) is 26.0. The molecular formula is C41H36N2O11. The maximum Gasteiger partial charge on any atom is 0.331 e. The smallest absolute Gasteiger partial charge is 0.331 e. The molecule has 0 saturated carbocycles. The molecule has 4 aromatic rings. The summed E-state index contributed by atoms with van der Waals surface area (Å²) < 4.78 is 23.3. The molecular weight excluding hydrogens is 696 g/mol. The maximum absolute atomic E-state index is 14.8. The van der Waals surface area contributed by atoms with Gasteiger partial charge in [0.15, 0.2) is 12.4 Å². The quantitative estimate of drug-likeness (QED) is 0.190. The number of rotatable bonds is 8. The van der Waals surface area contributed by atoms with E-state index in [-0.39, 0.29) is 64.8 Å². The number of aromatic hydroxyl groups is 1. The first kappa shape index (κ1) is 35.0. The lowest BCUT2D eigenvalue weighted by atomic mass is 9.78. The fourth-order valence-electron chi connectivity index (χ4n) is 7.51. The zero-order valence-corrected chi connectivity index (χ0v) is 29.2. The summed E-state index contributed by atoms with van der Waals surface area (Å²) in [6.45, 7) is 3.15. The third-order valence-electron chi connectivity index (χ3n) is 10.0. The summed E-state index contributed by atoms with van der Waals surface area (Å²) >= 11 is 0. The number of anilines is 1. The second-order valence-electron chi connectivity index (χ2n) is 13.8. The Morgan fingerprint density at radius 2 is 1.70 bits per heavy atom. The van der Waals surface area contributed by atoms with Crippen LogP contribution in [-0.4, -0.2) is 80.9 Å². The van der Waals surface area contributed by atoms with Gasteiger partial charge in [0.2, 0.25) is 18.3 Å². The minimum Gasteiger partial charge on any atom is -0.507 e. The number of hydrogen-bond donors (Lipinski definition) is 4. The van der Waals surface area contributed by atoms with Crippen LogP contribution >= 0.6 is 0 Å². The number of Topliss-reactive ketones (excluding diaryl/α,β-unsaturated/α-hetero) is 2. The lowest BCUT2D eigenvalue weighted by molar-refractivity contribution is -0.216. The van der Waals surface area contributed by atoms with Crippen LogP contribution in [0, 0.1) is 6.92 Å². The number of amides is 1. The number of aliphatic hydroxyl groups excluding tert-OH is 2. The number of esters is 1. The van der Waals surface area contributed by atoms with Gasteiger partial charge in [-0.2, -0.15) is 0 Å². The standard InChI is InChI=1S/C41H36N2O11/c1-20-15-26-33(28(44)16-20)35-36(39(49)34-25(38(35)48)9-6-10-30(34)53-32-18-29(45)37(47)21(2)52-32)43-27(41(50)54-40(26)43)17-22-11-13-23(14-12-22)42-31(46)19-51-24-7-4-3-5-8-24/h3-16,21,27,29,32,37,40,44-45,47H,17-19H2,1-2H3,(H,42,46)/t21-,27-,29+,32-,37-,40?/m0/s1. The maximum atomic E-state index is 14.8. The molecule has 1 aliphatic carbocycles. The highest BCUT2D eigenvalue weighted by Gasteiger charge is 2.54. The minimum absolute atomic E-state index is 0.0171. The van der Waals surface area contributed by atoms with E-state index < -0.39 is 54.4 Å². The van der Waals surface area contributed by atoms with Crippen molar-refractivity contribution in [2.75, 3.05) is 11.9 Å². The van der Waals surface area contributed by atoms with E-state index in [0.717, 1.165) is 0 Å². The molecule has 4 aliphatic rings. The normalized spacial score (nSPS) is 24.2. The second-order valence-corrected chi connectivity index (χ2v) is 13.8. The molecule has 0 radical (unpaired) electrons. The van der Waals surface area contributed by atoms with Crippen LogP contribution in [0.5, 0.6) is 17.2 Å². The number of carbonyl (C=O) groups excluding carboxylic acids is 4. The number of para-hydroxylation sites is 1. The highest BCUT2D eigenvalue weighted by molar-refractivity contribution is 6.41. The largest absolute Gasteiger partial charge is 0.507 e. The van der Waals surface area contributed by atoms with Crippen molar-refractivity contribution >= 4 is 34.7 Å². The number of hydrogen-bond acceptors (Lipinski definition) is 12. The van der Waals surface area contributed by atoms with Crippen LogP contribution in [0.3, 0.4) is 0 Å². The Balaban J connectivity index is 1.11. The zero-order chi connectivity index (χ0) is 37.8. The van der Waals surface area contributed by atoms with E-state index in [2.05, 4.69) is 5.32 Å². The van der Waals surface area contributed by atoms with Crippen LogP contribution in [-0.2, 0) is 25.5 Å². The summed E-state index contributed by atoms with van der Waals surface area (Å²) in [5.41, 5.74) is 2.10. The van der Waals surface area contributed by atoms with Crippen molar-refractivity contribution in [2.45, 2.75) is 63.6 Å². The molecule has 13 nitrogen and oxygen atoms in total. The number of fused-ring (bicyclic) bond motifs is 6. The van der Waals surface area contributed by atoms with Gasteiger partial charge in [0.1, 0.15) is 35.1 Å². The van der Waals surface area contributed by atoms with Gasteiger partial charge in [0.25, 0.3) is 5.91 Å². The van der Waals surface area contributed by atoms with Crippen molar-refractivity contribution in [1.29, 1.82) is 0 Å². The second kappa shape index (κ2) is 13.8. The number of aryl methyl sites for hydroxylation is 1. The average Bonchev–Trinajstić information content (AvgIpc) is 3.47. The summed E-state index contributed by atoms with van der Waals surface area (Å²) in [7, 11) is 0. The number of phenols is 1. The molecule has 54 heavy (non-hydrogen) atoms. The van der Waals surface area contributed by atoms with E-state index in [4.69, 9.17) is 18.9 Å². The molecule has 2 fully saturated rings. The predicted octanol–water partition coefficient (Wildman–Crippen LogP) is 4.23. The van der Waals surface area contributed by atoms with Gasteiger partial charge in [-0.3, -0.25) is 14.4 Å². The van der Waals surface area contributed by atoms with Crippen LogP contribution in [0.4, 0.5) is 5.69 Å². The fraction of sp³-hybridized carbons (Fsp3) is 0.268. The topological polar surface area (TPSA) is 181 Å². The molecule has 4 aromatic carbocycles. The molecule has 0 bridgehead atoms. The predicted molar refractivity (Wildman–Crippen MR) is 192 cm³/mol. The average molecular weight is 733 g/mol. The van der Waals surface area contributed by atoms with Gasteiger partial charge in [-0.25, -0.2) is 4.79 Å². The molecule has 276 valence electrons. The number of nitrogens with zero attached hydrogens (tertiary/aromatic N) is 1. The summed E-state index contributed by atoms with van der Waals surface area (Å²) in [4.78, 5) is 57.1. The molecule has 2 saturated heterocycles. The molecule has 1 unspecified atom stereocenters. The lowest BCUT2D eigenvalue weighted by Gasteiger charge is -2.39. The first-order valence-electron chi connectivity index (χ1n) is 17.5. The van der Waals surface area contributed by atoms with E-state index in [1.165, 1.54) is 23.1 Å². The van der Waals surface area contributed by atoms with Crippen molar-refractivity contribution in [3.05, 3.63) is 124 Å². The SMILES string of the molecule is Cc1cc(O)c2c(c1)C1OC(=O)[C@H](Cc3ccc(NC(=O)COc4ccccc4)cc3)N1C1=C2C(=O)c2cccc(O[C@H]3C[C@@H](O)[C@@H](O)[C@H](C)O3)c2C1=O. The number of ether oxygens (including phenoxy) is 4. The van der Waals surface area contributed by atoms with E-state index in [1.807, 2.05) is 6.07 Å². The minimum atomic E-state index is -1.14. The van der Waals surface area contributed by atoms with Crippen LogP contribution in [0.15, 0.2) is 90.6 Å². The Labute approximate surface area is 309 Å². The first-order valence-corrected chi connectivity index (χ1v) is 17.5. The third kappa shape index (κ3) is 6.15. The Bertz CT molecular complexity index is 2210. The number of benzene rings is 4. The number of allylic oxidation sites excluding steroid dienone is 2. The number of nitrogens with one attached hydrogen (secondary N) is 1. The van der Waals surface area contributed by atoms with Crippen molar-refractivity contribution in [2.24, 2.45) is 0 Å². The van der Waals surface area contributed by atoms with Gasteiger partial charge in [0, 0.05) is 35.2 Å².